The Bertz CT molecular complexity index is 3290. The van der Waals surface area contributed by atoms with Crippen LogP contribution >= 0.6 is 0 Å². The highest BCUT2D eigenvalue weighted by molar-refractivity contribution is 6.20. The van der Waals surface area contributed by atoms with Crippen LogP contribution in [0.5, 0.6) is 0 Å². The fourth-order valence-corrected chi connectivity index (χ4v) is 8.40. The molecule has 0 aliphatic rings. The summed E-state index contributed by atoms with van der Waals surface area (Å²) in [4.78, 5) is 15.0. The lowest BCUT2D eigenvalue weighted by molar-refractivity contribution is 1.07. The molecule has 0 saturated carbocycles. The maximum absolute atomic E-state index is 5.05. The standard InChI is InChI=1S/C55H35N3/c1-2-13-42(14-3-1)53-56-54(58-55(57-53)44-31-25-40(26-32-44)47-20-10-16-38-11-4-7-17-46(38)47)43-29-23-37(24-30-43)36-21-27-41(28-22-36)52-49-19-9-6-15-45(49)35-51-48-18-8-5-12-39(48)33-34-50(51)52/h1-35H. The zero-order valence-electron chi connectivity index (χ0n) is 31.5. The van der Waals surface area contributed by atoms with Gasteiger partial charge in [0.05, 0.1) is 0 Å². The van der Waals surface area contributed by atoms with Gasteiger partial charge in [-0.05, 0) is 82.5 Å². The first kappa shape index (κ1) is 33.6. The molecule has 0 aliphatic carbocycles. The van der Waals surface area contributed by atoms with Crippen molar-refractivity contribution in [3.63, 3.8) is 0 Å². The van der Waals surface area contributed by atoms with Crippen molar-refractivity contribution in [2.75, 3.05) is 0 Å². The topological polar surface area (TPSA) is 38.7 Å². The van der Waals surface area contributed by atoms with Gasteiger partial charge >= 0.3 is 0 Å². The van der Waals surface area contributed by atoms with Crippen molar-refractivity contribution >= 4 is 43.1 Å². The largest absolute Gasteiger partial charge is 0.208 e. The molecule has 10 aromatic carbocycles. The molecule has 0 atom stereocenters. The molecule has 270 valence electrons. The predicted octanol–water partition coefficient (Wildman–Crippen LogP) is 14.5. The van der Waals surface area contributed by atoms with Crippen LogP contribution in [0.3, 0.4) is 0 Å². The highest BCUT2D eigenvalue weighted by Crippen LogP contribution is 2.40. The minimum absolute atomic E-state index is 0.638. The van der Waals surface area contributed by atoms with Crippen LogP contribution in [0.15, 0.2) is 212 Å². The highest BCUT2D eigenvalue weighted by Gasteiger charge is 2.15. The first-order chi connectivity index (χ1) is 28.7. The van der Waals surface area contributed by atoms with E-state index in [1.165, 1.54) is 59.8 Å². The molecule has 0 N–H and O–H groups in total. The highest BCUT2D eigenvalue weighted by atomic mass is 15.0. The van der Waals surface area contributed by atoms with Crippen molar-refractivity contribution in [2.45, 2.75) is 0 Å². The number of hydrogen-bond donors (Lipinski definition) is 0. The fourth-order valence-electron chi connectivity index (χ4n) is 8.40. The van der Waals surface area contributed by atoms with Crippen molar-refractivity contribution in [2.24, 2.45) is 0 Å². The van der Waals surface area contributed by atoms with Crippen molar-refractivity contribution in [1.29, 1.82) is 0 Å². The van der Waals surface area contributed by atoms with Gasteiger partial charge in [-0.3, -0.25) is 0 Å². The van der Waals surface area contributed by atoms with Gasteiger partial charge in [-0.2, -0.15) is 0 Å². The van der Waals surface area contributed by atoms with Gasteiger partial charge in [-0.1, -0.05) is 206 Å². The number of fused-ring (bicyclic) bond motifs is 5. The van der Waals surface area contributed by atoms with Crippen LogP contribution in [0.1, 0.15) is 0 Å². The second-order valence-electron chi connectivity index (χ2n) is 14.8. The summed E-state index contributed by atoms with van der Waals surface area (Å²) in [7, 11) is 0. The molecule has 1 heterocycles. The van der Waals surface area contributed by atoms with Gasteiger partial charge < -0.3 is 0 Å². The Labute approximate surface area is 336 Å². The SMILES string of the molecule is c1ccc(-c2nc(-c3ccc(-c4ccc(-c5c6ccccc6cc6c5ccc5ccccc56)cc4)cc3)nc(-c3ccc(-c4cccc5ccccc45)cc3)n2)cc1. The monoisotopic (exact) mass is 737 g/mol. The Morgan fingerprint density at radius 2 is 0.672 bits per heavy atom. The van der Waals surface area contributed by atoms with Gasteiger partial charge in [0.1, 0.15) is 0 Å². The summed E-state index contributed by atoms with van der Waals surface area (Å²) in [6.45, 7) is 0. The number of hydrogen-bond acceptors (Lipinski definition) is 3. The van der Waals surface area contributed by atoms with Crippen LogP contribution in [0.25, 0.3) is 111 Å². The van der Waals surface area contributed by atoms with Gasteiger partial charge in [-0.15, -0.1) is 0 Å². The minimum atomic E-state index is 0.638. The smallest absolute Gasteiger partial charge is 0.164 e. The molecule has 3 heteroatoms. The van der Waals surface area contributed by atoms with Crippen molar-refractivity contribution in [1.82, 2.24) is 15.0 Å². The van der Waals surface area contributed by atoms with Crippen LogP contribution in [-0.4, -0.2) is 15.0 Å². The Hall–Kier alpha value is -7.75. The summed E-state index contributed by atoms with van der Waals surface area (Å²) in [5.41, 5.74) is 9.93. The quantitative estimate of drug-likeness (QED) is 0.126. The molecule has 0 radical (unpaired) electrons. The second-order valence-corrected chi connectivity index (χ2v) is 14.8. The fraction of sp³-hybridized carbons (Fsp3) is 0. The van der Waals surface area contributed by atoms with Gasteiger partial charge in [0.25, 0.3) is 0 Å². The van der Waals surface area contributed by atoms with E-state index in [0.717, 1.165) is 33.4 Å². The molecule has 58 heavy (non-hydrogen) atoms. The molecule has 0 unspecified atom stereocenters. The van der Waals surface area contributed by atoms with E-state index in [4.69, 9.17) is 15.0 Å². The Morgan fingerprint density at radius 1 is 0.224 bits per heavy atom. The number of benzene rings is 10. The number of rotatable bonds is 6. The van der Waals surface area contributed by atoms with Gasteiger partial charge in [0.15, 0.2) is 17.5 Å². The first-order valence-electron chi connectivity index (χ1n) is 19.7. The van der Waals surface area contributed by atoms with E-state index in [-0.39, 0.29) is 0 Å². The maximum atomic E-state index is 5.05. The molecule has 0 bridgehead atoms. The molecule has 0 saturated heterocycles. The average molecular weight is 738 g/mol. The van der Waals surface area contributed by atoms with Gasteiger partial charge in [-0.25, -0.2) is 15.0 Å². The molecular weight excluding hydrogens is 703 g/mol. The third-order valence-electron chi connectivity index (χ3n) is 11.3. The minimum Gasteiger partial charge on any atom is -0.208 e. The van der Waals surface area contributed by atoms with Crippen molar-refractivity contribution < 1.29 is 0 Å². The molecule has 1 aromatic heterocycles. The van der Waals surface area contributed by atoms with Crippen LogP contribution in [0.4, 0.5) is 0 Å². The van der Waals surface area contributed by atoms with E-state index < -0.39 is 0 Å². The van der Waals surface area contributed by atoms with Crippen molar-refractivity contribution in [3.05, 3.63) is 212 Å². The lowest BCUT2D eigenvalue weighted by Gasteiger charge is -2.14. The molecule has 0 aliphatic heterocycles. The molecule has 11 aromatic rings. The van der Waals surface area contributed by atoms with Crippen LogP contribution in [-0.2, 0) is 0 Å². The van der Waals surface area contributed by atoms with Gasteiger partial charge in [0.2, 0.25) is 0 Å². The molecule has 0 amide bonds. The van der Waals surface area contributed by atoms with E-state index in [9.17, 15) is 0 Å². The van der Waals surface area contributed by atoms with Crippen LogP contribution < -0.4 is 0 Å². The van der Waals surface area contributed by atoms with E-state index in [1.807, 2.05) is 30.3 Å². The summed E-state index contributed by atoms with van der Waals surface area (Å²) in [6, 6.07) is 75.4. The van der Waals surface area contributed by atoms with Crippen LogP contribution in [0, 0.1) is 0 Å². The maximum Gasteiger partial charge on any atom is 0.164 e. The number of nitrogens with zero attached hydrogens (tertiary/aromatic N) is 3. The second kappa shape index (κ2) is 14.1. The summed E-state index contributed by atoms with van der Waals surface area (Å²) >= 11 is 0. The molecular formula is C55H35N3. The summed E-state index contributed by atoms with van der Waals surface area (Å²) in [6.07, 6.45) is 0. The van der Waals surface area contributed by atoms with Crippen LogP contribution in [0.2, 0.25) is 0 Å². The molecule has 0 spiro atoms. The molecule has 3 nitrogen and oxygen atoms in total. The lowest BCUT2D eigenvalue weighted by atomic mass is 9.89. The average Bonchev–Trinajstić information content (AvgIpc) is 3.31. The number of aromatic nitrogens is 3. The molecule has 11 rings (SSSR count). The van der Waals surface area contributed by atoms with E-state index in [0.29, 0.717) is 17.5 Å². The lowest BCUT2D eigenvalue weighted by Crippen LogP contribution is -2.00. The normalized spacial score (nSPS) is 11.4. The third-order valence-corrected chi connectivity index (χ3v) is 11.3. The van der Waals surface area contributed by atoms with E-state index in [1.54, 1.807) is 0 Å². The summed E-state index contributed by atoms with van der Waals surface area (Å²) < 4.78 is 0. The zero-order valence-corrected chi connectivity index (χ0v) is 31.5. The Morgan fingerprint density at radius 3 is 1.31 bits per heavy atom. The van der Waals surface area contributed by atoms with Crippen molar-refractivity contribution in [3.8, 4) is 67.5 Å². The molecule has 0 fully saturated rings. The van der Waals surface area contributed by atoms with Gasteiger partial charge in [0, 0.05) is 16.7 Å². The zero-order chi connectivity index (χ0) is 38.4. The predicted molar refractivity (Wildman–Crippen MR) is 242 cm³/mol. The van der Waals surface area contributed by atoms with E-state index in [2.05, 4.69) is 182 Å². The summed E-state index contributed by atoms with van der Waals surface area (Å²) in [5, 5.41) is 10.0. The Balaban J connectivity index is 0.938. The third kappa shape index (κ3) is 5.98. The Kier molecular flexibility index (Phi) is 8.15. The van der Waals surface area contributed by atoms with E-state index >= 15 is 0 Å². The summed E-state index contributed by atoms with van der Waals surface area (Å²) in [5.74, 6) is 1.92. The first-order valence-corrected chi connectivity index (χ1v) is 19.7.